The van der Waals surface area contributed by atoms with Gasteiger partial charge in [0.25, 0.3) is 0 Å². The number of nitrogens with one attached hydrogen (secondary N) is 1. The van der Waals surface area contributed by atoms with Gasteiger partial charge in [0.15, 0.2) is 0 Å². The molecule has 0 fully saturated rings. The van der Waals surface area contributed by atoms with Crippen LogP contribution in [0.3, 0.4) is 0 Å². The predicted molar refractivity (Wildman–Crippen MR) is 112 cm³/mol. The van der Waals surface area contributed by atoms with Crippen molar-refractivity contribution in [3.05, 3.63) is 58.2 Å². The first kappa shape index (κ1) is 22.7. The summed E-state index contributed by atoms with van der Waals surface area (Å²) in [4.78, 5) is -0.644. The third-order valence-electron chi connectivity index (χ3n) is 4.63. The number of nitrogens with zero attached hydrogens (tertiary/aromatic N) is 1. The van der Waals surface area contributed by atoms with Crippen molar-refractivity contribution < 1.29 is 21.6 Å². The van der Waals surface area contributed by atoms with Crippen molar-refractivity contribution in [3.8, 4) is 0 Å². The van der Waals surface area contributed by atoms with Gasteiger partial charge in [-0.3, -0.25) is 0 Å². The second kappa shape index (κ2) is 8.30. The summed E-state index contributed by atoms with van der Waals surface area (Å²) in [5.41, 5.74) is 6.76. The third kappa shape index (κ3) is 4.54. The van der Waals surface area contributed by atoms with Crippen molar-refractivity contribution in [2.24, 2.45) is 0 Å². The van der Waals surface area contributed by atoms with Crippen LogP contribution in [0.5, 0.6) is 0 Å². The van der Waals surface area contributed by atoms with E-state index in [9.17, 15) is 21.6 Å². The molecule has 0 spiro atoms. The van der Waals surface area contributed by atoms with Crippen LogP contribution < -0.4 is 10.5 Å². The molecule has 0 saturated carbocycles. The number of aromatic nitrogens is 1. The van der Waals surface area contributed by atoms with Gasteiger partial charge < -0.3 is 10.3 Å². The number of nitrogens with two attached hydrogens (primary N) is 1. The van der Waals surface area contributed by atoms with Crippen molar-refractivity contribution >= 4 is 49.8 Å². The quantitative estimate of drug-likeness (QED) is 0.488. The summed E-state index contributed by atoms with van der Waals surface area (Å²) in [7, 11) is -4.69. The summed E-state index contributed by atoms with van der Waals surface area (Å²) in [6, 6.07) is 6.80. The summed E-state index contributed by atoms with van der Waals surface area (Å²) < 4.78 is 69.9. The molecule has 0 aliphatic carbocycles. The lowest BCUT2D eigenvalue weighted by Gasteiger charge is -2.23. The maximum atomic E-state index is 13.8. The molecule has 5 nitrogen and oxygen atoms in total. The van der Waals surface area contributed by atoms with Crippen LogP contribution in [0.1, 0.15) is 12.5 Å². The molecule has 1 heterocycles. The number of para-hydroxylation sites is 1. The topological polar surface area (TPSA) is 77.1 Å². The molecule has 3 rings (SSSR count). The van der Waals surface area contributed by atoms with Gasteiger partial charge in [0.05, 0.1) is 10.7 Å². The number of benzene rings is 2. The minimum absolute atomic E-state index is 0.0646. The second-order valence-corrected chi connectivity index (χ2v) is 9.19. The smallest absolute Gasteiger partial charge is 0.398 e. The van der Waals surface area contributed by atoms with Crippen LogP contribution >= 0.6 is 23.2 Å². The fourth-order valence-corrected chi connectivity index (χ4v) is 5.47. The Kier molecular flexibility index (Phi) is 6.29. The van der Waals surface area contributed by atoms with E-state index >= 15 is 0 Å². The van der Waals surface area contributed by atoms with E-state index in [0.717, 1.165) is 23.1 Å². The van der Waals surface area contributed by atoms with Crippen molar-refractivity contribution in [1.82, 2.24) is 9.29 Å². The minimum atomic E-state index is -4.86. The van der Waals surface area contributed by atoms with Gasteiger partial charge in [-0.05, 0) is 30.2 Å². The number of halogens is 5. The Morgan fingerprint density at radius 3 is 2.47 bits per heavy atom. The molecule has 30 heavy (non-hydrogen) atoms. The highest BCUT2D eigenvalue weighted by atomic mass is 35.5. The summed E-state index contributed by atoms with van der Waals surface area (Å²) in [6.45, 7) is 1.23. The highest BCUT2D eigenvalue weighted by Crippen LogP contribution is 2.33. The molecule has 1 unspecified atom stereocenters. The molecule has 0 aliphatic rings. The maximum absolute atomic E-state index is 13.8. The molecule has 0 bridgehead atoms. The van der Waals surface area contributed by atoms with Crippen molar-refractivity contribution in [3.63, 3.8) is 0 Å². The Hall–Kier alpha value is -1.94. The van der Waals surface area contributed by atoms with Crippen LogP contribution in [0, 0.1) is 0 Å². The normalized spacial score (nSPS) is 13.7. The van der Waals surface area contributed by atoms with Crippen molar-refractivity contribution in [2.45, 2.75) is 37.0 Å². The first-order chi connectivity index (χ1) is 13.9. The molecule has 0 amide bonds. The second-order valence-electron chi connectivity index (χ2n) is 6.70. The predicted octanol–water partition coefficient (Wildman–Crippen LogP) is 5.00. The van der Waals surface area contributed by atoms with Gasteiger partial charge in [0, 0.05) is 28.7 Å². The van der Waals surface area contributed by atoms with Crippen LogP contribution in [0.15, 0.2) is 47.5 Å². The van der Waals surface area contributed by atoms with Gasteiger partial charge in [-0.25, -0.2) is 8.42 Å². The van der Waals surface area contributed by atoms with Crippen LogP contribution in [0.4, 0.5) is 18.9 Å². The van der Waals surface area contributed by atoms with Crippen LogP contribution in [0.25, 0.3) is 10.9 Å². The third-order valence-corrected chi connectivity index (χ3v) is 6.85. The van der Waals surface area contributed by atoms with E-state index in [1.165, 1.54) is 4.57 Å². The van der Waals surface area contributed by atoms with Gasteiger partial charge in [0.1, 0.15) is 10.9 Å². The number of hydrogen-bond donors (Lipinski definition) is 2. The largest absolute Gasteiger partial charge is 0.406 e. The van der Waals surface area contributed by atoms with Gasteiger partial charge in [-0.1, -0.05) is 48.3 Å². The maximum Gasteiger partial charge on any atom is 0.406 e. The zero-order chi connectivity index (χ0) is 22.3. The lowest BCUT2D eigenvalue weighted by atomic mass is 10.1. The molecule has 0 radical (unpaired) electrons. The number of aryl methyl sites for hydroxylation is 1. The summed E-state index contributed by atoms with van der Waals surface area (Å²) in [6.07, 6.45) is -2.65. The lowest BCUT2D eigenvalue weighted by Crippen LogP contribution is -2.48. The molecule has 162 valence electrons. The lowest BCUT2D eigenvalue weighted by molar-refractivity contribution is -0.154. The SMILES string of the molecule is CCc1cn(CC(NS(=O)(=O)c2c(N)cc(Cl)cc2Cl)C(F)(F)F)c2ccccc12. The van der Waals surface area contributed by atoms with E-state index < -0.39 is 33.7 Å². The van der Waals surface area contributed by atoms with E-state index in [1.54, 1.807) is 29.1 Å². The standard InChI is InChI=1S/C19H18Cl2F3N3O2S/c1-2-11-9-27(16-6-4-3-5-13(11)16)10-17(19(22,23)24)26-30(28,29)18-14(21)7-12(20)8-15(18)25/h3-9,17,26H,2,10,25H2,1H3. The number of rotatable bonds is 6. The Balaban J connectivity index is 2.01. The Morgan fingerprint density at radius 2 is 1.87 bits per heavy atom. The first-order valence-corrected chi connectivity index (χ1v) is 11.1. The average Bonchev–Trinajstić information content (AvgIpc) is 2.97. The van der Waals surface area contributed by atoms with E-state index in [-0.39, 0.29) is 15.7 Å². The van der Waals surface area contributed by atoms with E-state index in [4.69, 9.17) is 28.9 Å². The number of hydrogen-bond acceptors (Lipinski definition) is 3. The average molecular weight is 480 g/mol. The molecular formula is C19H18Cl2F3N3O2S. The molecular weight excluding hydrogens is 462 g/mol. The van der Waals surface area contributed by atoms with Crippen molar-refractivity contribution in [2.75, 3.05) is 5.73 Å². The molecule has 1 atom stereocenters. The number of alkyl halides is 3. The van der Waals surface area contributed by atoms with Gasteiger partial charge in [-0.2, -0.15) is 17.9 Å². The van der Waals surface area contributed by atoms with Gasteiger partial charge in [-0.15, -0.1) is 0 Å². The molecule has 0 saturated heterocycles. The fraction of sp³-hybridized carbons (Fsp3) is 0.263. The molecule has 11 heteroatoms. The van der Waals surface area contributed by atoms with E-state index in [0.29, 0.717) is 11.9 Å². The Morgan fingerprint density at radius 1 is 1.20 bits per heavy atom. The monoisotopic (exact) mass is 479 g/mol. The highest BCUT2D eigenvalue weighted by molar-refractivity contribution is 7.89. The first-order valence-electron chi connectivity index (χ1n) is 8.84. The molecule has 1 aromatic heterocycles. The van der Waals surface area contributed by atoms with Crippen LogP contribution in [-0.4, -0.2) is 25.2 Å². The molecule has 0 aliphatic heterocycles. The number of sulfonamides is 1. The summed E-state index contributed by atoms with van der Waals surface area (Å²) in [5, 5.41) is 0.511. The Labute approximate surface area is 181 Å². The Bertz CT molecular complexity index is 1170. The number of nitrogen functional groups attached to an aromatic ring is 1. The van der Waals surface area contributed by atoms with Crippen molar-refractivity contribution in [1.29, 1.82) is 0 Å². The molecule has 3 N–H and O–H groups in total. The minimum Gasteiger partial charge on any atom is -0.398 e. The zero-order valence-corrected chi connectivity index (χ0v) is 18.0. The fourth-order valence-electron chi connectivity index (χ4n) is 3.27. The van der Waals surface area contributed by atoms with Crippen LogP contribution in [-0.2, 0) is 23.0 Å². The highest BCUT2D eigenvalue weighted by Gasteiger charge is 2.43. The number of fused-ring (bicyclic) bond motifs is 1. The van der Waals surface area contributed by atoms with Gasteiger partial charge >= 0.3 is 6.18 Å². The van der Waals surface area contributed by atoms with E-state index in [1.807, 2.05) is 13.0 Å². The van der Waals surface area contributed by atoms with Crippen LogP contribution in [0.2, 0.25) is 10.0 Å². The summed E-state index contributed by atoms with van der Waals surface area (Å²) in [5.74, 6) is 0. The summed E-state index contributed by atoms with van der Waals surface area (Å²) >= 11 is 11.7. The molecule has 3 aromatic rings. The van der Waals surface area contributed by atoms with Gasteiger partial charge in [0.2, 0.25) is 10.0 Å². The number of anilines is 1. The zero-order valence-electron chi connectivity index (χ0n) is 15.7. The molecule has 2 aromatic carbocycles. The van der Waals surface area contributed by atoms with E-state index in [2.05, 4.69) is 0 Å².